The second-order valence-electron chi connectivity index (χ2n) is 6.64. The van der Waals surface area contributed by atoms with Gasteiger partial charge in [0.2, 0.25) is 0 Å². The number of halogens is 1. The lowest BCUT2D eigenvalue weighted by atomic mass is 10.2. The van der Waals surface area contributed by atoms with Crippen molar-refractivity contribution in [1.82, 2.24) is 29.1 Å². The highest BCUT2D eigenvalue weighted by Gasteiger charge is 2.24. The maximum atomic E-state index is 14.1. The van der Waals surface area contributed by atoms with Crippen LogP contribution in [0.15, 0.2) is 48.9 Å². The molecule has 0 saturated carbocycles. The van der Waals surface area contributed by atoms with Gasteiger partial charge in [-0.2, -0.15) is 0 Å². The predicted molar refractivity (Wildman–Crippen MR) is 97.9 cm³/mol. The molecular weight excluding hydrogens is 347 g/mol. The van der Waals surface area contributed by atoms with E-state index in [1.54, 1.807) is 22.8 Å². The smallest absolute Gasteiger partial charge is 0.270 e. The van der Waals surface area contributed by atoms with Gasteiger partial charge in [-0.25, -0.2) is 4.39 Å². The third kappa shape index (κ3) is 3.48. The van der Waals surface area contributed by atoms with Gasteiger partial charge in [0.15, 0.2) is 5.82 Å². The number of aryl methyl sites for hydroxylation is 1. The Morgan fingerprint density at radius 1 is 1.11 bits per heavy atom. The SMILES string of the molecule is Cn1cccc1C(=O)N1CCN(Cc2nncn2-c2ccccc2F)CC1. The number of benzene rings is 1. The molecule has 0 aliphatic carbocycles. The van der Waals surface area contributed by atoms with Crippen LogP contribution in [-0.4, -0.2) is 61.2 Å². The number of aromatic nitrogens is 4. The van der Waals surface area contributed by atoms with Gasteiger partial charge in [0.05, 0.1) is 12.2 Å². The zero-order valence-corrected chi connectivity index (χ0v) is 15.1. The van der Waals surface area contributed by atoms with E-state index in [-0.39, 0.29) is 11.7 Å². The second kappa shape index (κ2) is 7.32. The first-order valence-corrected chi connectivity index (χ1v) is 8.90. The van der Waals surface area contributed by atoms with E-state index in [0.717, 1.165) is 13.1 Å². The van der Waals surface area contributed by atoms with Crippen LogP contribution >= 0.6 is 0 Å². The summed E-state index contributed by atoms with van der Waals surface area (Å²) in [7, 11) is 1.87. The van der Waals surface area contributed by atoms with Crippen LogP contribution in [0.1, 0.15) is 16.3 Å². The fraction of sp³-hybridized carbons (Fsp3) is 0.316. The van der Waals surface area contributed by atoms with Crippen LogP contribution in [0.2, 0.25) is 0 Å². The van der Waals surface area contributed by atoms with Gasteiger partial charge in [0.25, 0.3) is 5.91 Å². The van der Waals surface area contributed by atoms with E-state index in [1.807, 2.05) is 34.8 Å². The summed E-state index contributed by atoms with van der Waals surface area (Å²) in [4.78, 5) is 16.7. The Bertz CT molecular complexity index is 941. The Hall–Kier alpha value is -3.00. The van der Waals surface area contributed by atoms with Gasteiger partial charge >= 0.3 is 0 Å². The summed E-state index contributed by atoms with van der Waals surface area (Å²) in [6, 6.07) is 10.3. The van der Waals surface area contributed by atoms with Crippen LogP contribution < -0.4 is 0 Å². The van der Waals surface area contributed by atoms with Crippen molar-refractivity contribution in [3.63, 3.8) is 0 Å². The molecule has 7 nitrogen and oxygen atoms in total. The third-order valence-corrected chi connectivity index (χ3v) is 4.92. The number of hydrogen-bond donors (Lipinski definition) is 0. The largest absolute Gasteiger partial charge is 0.347 e. The van der Waals surface area contributed by atoms with Crippen LogP contribution in [0.4, 0.5) is 4.39 Å². The number of carbonyl (C=O) groups excluding carboxylic acids is 1. The van der Waals surface area contributed by atoms with E-state index in [0.29, 0.717) is 36.8 Å². The quantitative estimate of drug-likeness (QED) is 0.703. The number of hydrogen-bond acceptors (Lipinski definition) is 4. The van der Waals surface area contributed by atoms with Crippen molar-refractivity contribution in [3.05, 3.63) is 66.3 Å². The molecule has 2 aromatic heterocycles. The van der Waals surface area contributed by atoms with E-state index in [9.17, 15) is 9.18 Å². The van der Waals surface area contributed by atoms with Crippen molar-refractivity contribution in [3.8, 4) is 5.69 Å². The third-order valence-electron chi connectivity index (χ3n) is 4.92. The molecule has 140 valence electrons. The van der Waals surface area contributed by atoms with Crippen molar-refractivity contribution in [1.29, 1.82) is 0 Å². The van der Waals surface area contributed by atoms with Crippen LogP contribution in [0, 0.1) is 5.82 Å². The molecule has 0 bridgehead atoms. The van der Waals surface area contributed by atoms with E-state index in [2.05, 4.69) is 15.1 Å². The molecule has 3 aromatic rings. The maximum absolute atomic E-state index is 14.1. The van der Waals surface area contributed by atoms with Gasteiger partial charge in [0.1, 0.15) is 17.8 Å². The van der Waals surface area contributed by atoms with E-state index in [4.69, 9.17) is 0 Å². The molecule has 1 fully saturated rings. The molecule has 1 aliphatic heterocycles. The summed E-state index contributed by atoms with van der Waals surface area (Å²) in [6.45, 7) is 3.33. The number of carbonyl (C=O) groups is 1. The highest BCUT2D eigenvalue weighted by atomic mass is 19.1. The van der Waals surface area contributed by atoms with Gasteiger partial charge in [-0.3, -0.25) is 14.3 Å². The average molecular weight is 368 g/mol. The summed E-state index contributed by atoms with van der Waals surface area (Å²) in [5.74, 6) is 0.426. The van der Waals surface area contributed by atoms with Crippen LogP contribution in [0.25, 0.3) is 5.69 Å². The van der Waals surface area contributed by atoms with Crippen LogP contribution in [-0.2, 0) is 13.6 Å². The van der Waals surface area contributed by atoms with Crippen molar-refractivity contribution < 1.29 is 9.18 Å². The fourth-order valence-corrected chi connectivity index (χ4v) is 3.37. The van der Waals surface area contributed by atoms with Crippen molar-refractivity contribution in [2.75, 3.05) is 26.2 Å². The standard InChI is InChI=1S/C19H21FN6O/c1-23-8-4-7-17(23)19(27)25-11-9-24(10-12-25)13-18-22-21-14-26(18)16-6-3-2-5-15(16)20/h2-8,14H,9-13H2,1H3. The monoisotopic (exact) mass is 368 g/mol. The summed E-state index contributed by atoms with van der Waals surface area (Å²) >= 11 is 0. The molecule has 1 saturated heterocycles. The molecule has 0 atom stereocenters. The van der Waals surface area contributed by atoms with Crippen molar-refractivity contribution in [2.24, 2.45) is 7.05 Å². The summed E-state index contributed by atoms with van der Waals surface area (Å²) in [5.41, 5.74) is 1.14. The number of amides is 1. The second-order valence-corrected chi connectivity index (χ2v) is 6.64. The molecule has 0 spiro atoms. The van der Waals surface area contributed by atoms with Gasteiger partial charge in [-0.05, 0) is 24.3 Å². The Labute approximate surface area is 156 Å². The minimum Gasteiger partial charge on any atom is -0.347 e. The minimum absolute atomic E-state index is 0.0525. The summed E-state index contributed by atoms with van der Waals surface area (Å²) < 4.78 is 17.6. The van der Waals surface area contributed by atoms with Gasteiger partial charge in [-0.1, -0.05) is 12.1 Å². The van der Waals surface area contributed by atoms with E-state index in [1.165, 1.54) is 12.4 Å². The molecule has 8 heteroatoms. The molecule has 4 rings (SSSR count). The normalized spacial score (nSPS) is 15.3. The Kier molecular flexibility index (Phi) is 4.72. The molecule has 0 unspecified atom stereocenters. The van der Waals surface area contributed by atoms with Gasteiger partial charge < -0.3 is 9.47 Å². The number of piperazine rings is 1. The Balaban J connectivity index is 1.41. The highest BCUT2D eigenvalue weighted by Crippen LogP contribution is 2.16. The van der Waals surface area contributed by atoms with Gasteiger partial charge in [0, 0.05) is 39.4 Å². The first kappa shape index (κ1) is 17.4. The fourth-order valence-electron chi connectivity index (χ4n) is 3.37. The topological polar surface area (TPSA) is 59.2 Å². The lowest BCUT2D eigenvalue weighted by Crippen LogP contribution is -2.48. The first-order chi connectivity index (χ1) is 13.1. The number of rotatable bonds is 4. The molecule has 0 N–H and O–H groups in total. The molecule has 27 heavy (non-hydrogen) atoms. The van der Waals surface area contributed by atoms with Gasteiger partial charge in [-0.15, -0.1) is 10.2 Å². The highest BCUT2D eigenvalue weighted by molar-refractivity contribution is 5.92. The number of nitrogens with zero attached hydrogens (tertiary/aromatic N) is 6. The molecule has 3 heterocycles. The summed E-state index contributed by atoms with van der Waals surface area (Å²) in [5, 5.41) is 8.10. The van der Waals surface area contributed by atoms with E-state index >= 15 is 0 Å². The molecular formula is C19H21FN6O. The maximum Gasteiger partial charge on any atom is 0.270 e. The molecule has 0 radical (unpaired) electrons. The minimum atomic E-state index is -0.309. The Morgan fingerprint density at radius 2 is 1.89 bits per heavy atom. The zero-order chi connectivity index (χ0) is 18.8. The molecule has 1 aliphatic rings. The van der Waals surface area contributed by atoms with E-state index < -0.39 is 0 Å². The summed E-state index contributed by atoms with van der Waals surface area (Å²) in [6.07, 6.45) is 3.40. The predicted octanol–water partition coefficient (Wildman–Crippen LogP) is 1.70. The number of para-hydroxylation sites is 1. The van der Waals surface area contributed by atoms with Crippen LogP contribution in [0.3, 0.4) is 0 Å². The van der Waals surface area contributed by atoms with Crippen molar-refractivity contribution >= 4 is 5.91 Å². The zero-order valence-electron chi connectivity index (χ0n) is 15.1. The Morgan fingerprint density at radius 3 is 2.59 bits per heavy atom. The molecule has 1 amide bonds. The molecule has 1 aromatic carbocycles. The van der Waals surface area contributed by atoms with Crippen LogP contribution in [0.5, 0.6) is 0 Å². The average Bonchev–Trinajstić information content (AvgIpc) is 3.31. The first-order valence-electron chi connectivity index (χ1n) is 8.90. The van der Waals surface area contributed by atoms with Crippen molar-refractivity contribution in [2.45, 2.75) is 6.54 Å². The lowest BCUT2D eigenvalue weighted by Gasteiger charge is -2.34. The lowest BCUT2D eigenvalue weighted by molar-refractivity contribution is 0.0615.